The molecule has 1 heterocycles. The number of likely N-dealkylation sites (tertiary alicyclic amines) is 1. The molecule has 1 aliphatic rings. The molecule has 0 unspecified atom stereocenters. The monoisotopic (exact) mass is 258 g/mol. The lowest BCUT2D eigenvalue weighted by Gasteiger charge is -2.30. The molecule has 0 spiro atoms. The van der Waals surface area contributed by atoms with Crippen molar-refractivity contribution in [3.63, 3.8) is 0 Å². The highest BCUT2D eigenvalue weighted by atomic mass is 35.5. The van der Waals surface area contributed by atoms with E-state index in [4.69, 9.17) is 5.73 Å². The number of piperidine rings is 1. The van der Waals surface area contributed by atoms with Crippen LogP contribution in [0.3, 0.4) is 0 Å². The van der Waals surface area contributed by atoms with Crippen LogP contribution in [0.25, 0.3) is 0 Å². The van der Waals surface area contributed by atoms with E-state index in [1.54, 1.807) is 6.07 Å². The minimum Gasteiger partial charge on any atom is -0.328 e. The van der Waals surface area contributed by atoms with E-state index in [0.717, 1.165) is 37.1 Å². The average Bonchev–Trinajstić information content (AvgIpc) is 2.27. The Labute approximate surface area is 108 Å². The third-order valence-electron chi connectivity index (χ3n) is 3.23. The SMILES string of the molecule is Cc1ccc(F)c(CN2CCC(N)CC2)c1.Cl. The van der Waals surface area contributed by atoms with Crippen LogP contribution in [-0.4, -0.2) is 24.0 Å². The molecule has 0 bridgehead atoms. The highest BCUT2D eigenvalue weighted by Gasteiger charge is 2.17. The van der Waals surface area contributed by atoms with Crippen LogP contribution >= 0.6 is 12.4 Å². The van der Waals surface area contributed by atoms with Crippen molar-refractivity contribution in [3.05, 3.63) is 35.1 Å². The van der Waals surface area contributed by atoms with E-state index in [2.05, 4.69) is 4.90 Å². The number of nitrogens with two attached hydrogens (primary N) is 1. The molecule has 4 heteroatoms. The lowest BCUT2D eigenvalue weighted by molar-refractivity contribution is 0.203. The fourth-order valence-electron chi connectivity index (χ4n) is 2.18. The van der Waals surface area contributed by atoms with Crippen molar-refractivity contribution < 1.29 is 4.39 Å². The van der Waals surface area contributed by atoms with Gasteiger partial charge in [-0.05, 0) is 38.9 Å². The van der Waals surface area contributed by atoms with Crippen molar-refractivity contribution in [2.75, 3.05) is 13.1 Å². The van der Waals surface area contributed by atoms with Gasteiger partial charge in [0.15, 0.2) is 0 Å². The Bertz CT molecular complexity index is 362. The van der Waals surface area contributed by atoms with Gasteiger partial charge >= 0.3 is 0 Å². The number of hydrogen-bond acceptors (Lipinski definition) is 2. The lowest BCUT2D eigenvalue weighted by Crippen LogP contribution is -2.39. The average molecular weight is 259 g/mol. The molecular formula is C13H20ClFN2. The zero-order valence-corrected chi connectivity index (χ0v) is 11.0. The van der Waals surface area contributed by atoms with Crippen LogP contribution in [0.2, 0.25) is 0 Å². The van der Waals surface area contributed by atoms with E-state index in [1.165, 1.54) is 0 Å². The summed E-state index contributed by atoms with van der Waals surface area (Å²) in [6.45, 7) is 4.67. The quantitative estimate of drug-likeness (QED) is 0.883. The highest BCUT2D eigenvalue weighted by Crippen LogP contribution is 2.16. The molecule has 1 fully saturated rings. The minimum atomic E-state index is -0.0968. The van der Waals surface area contributed by atoms with Crippen molar-refractivity contribution in [2.45, 2.75) is 32.4 Å². The van der Waals surface area contributed by atoms with Gasteiger partial charge in [0.1, 0.15) is 5.82 Å². The van der Waals surface area contributed by atoms with Crippen molar-refractivity contribution in [1.29, 1.82) is 0 Å². The Balaban J connectivity index is 0.00000144. The standard InChI is InChI=1S/C13H19FN2.ClH/c1-10-2-3-13(14)11(8-10)9-16-6-4-12(15)5-7-16;/h2-3,8,12H,4-7,9,15H2,1H3;1H. The van der Waals surface area contributed by atoms with Crippen LogP contribution < -0.4 is 5.73 Å². The molecule has 1 aromatic carbocycles. The van der Waals surface area contributed by atoms with Crippen molar-refractivity contribution >= 4 is 12.4 Å². The first-order valence-electron chi connectivity index (χ1n) is 5.88. The second-order valence-electron chi connectivity index (χ2n) is 4.71. The summed E-state index contributed by atoms with van der Waals surface area (Å²) in [6.07, 6.45) is 2.04. The van der Waals surface area contributed by atoms with E-state index in [0.29, 0.717) is 12.6 Å². The van der Waals surface area contributed by atoms with Gasteiger partial charge in [0.2, 0.25) is 0 Å². The van der Waals surface area contributed by atoms with Crippen molar-refractivity contribution in [2.24, 2.45) is 5.73 Å². The van der Waals surface area contributed by atoms with Gasteiger partial charge in [-0.1, -0.05) is 17.7 Å². The Kier molecular flexibility index (Phi) is 5.37. The molecule has 0 radical (unpaired) electrons. The maximum Gasteiger partial charge on any atom is 0.127 e. The number of rotatable bonds is 2. The fourth-order valence-corrected chi connectivity index (χ4v) is 2.18. The zero-order chi connectivity index (χ0) is 11.5. The molecular weight excluding hydrogens is 239 g/mol. The van der Waals surface area contributed by atoms with Gasteiger partial charge in [0.05, 0.1) is 0 Å². The second kappa shape index (κ2) is 6.34. The number of benzene rings is 1. The topological polar surface area (TPSA) is 29.3 Å². The molecule has 2 nitrogen and oxygen atoms in total. The number of halogens is 2. The van der Waals surface area contributed by atoms with Crippen molar-refractivity contribution in [3.8, 4) is 0 Å². The Morgan fingerprint density at radius 1 is 1.35 bits per heavy atom. The summed E-state index contributed by atoms with van der Waals surface area (Å²) in [4.78, 5) is 2.28. The molecule has 0 aliphatic carbocycles. The second-order valence-corrected chi connectivity index (χ2v) is 4.71. The maximum absolute atomic E-state index is 13.5. The molecule has 0 saturated carbocycles. The fraction of sp³-hybridized carbons (Fsp3) is 0.538. The van der Waals surface area contributed by atoms with Crippen LogP contribution in [0.15, 0.2) is 18.2 Å². The molecule has 1 aromatic rings. The van der Waals surface area contributed by atoms with Gasteiger partial charge in [-0.25, -0.2) is 4.39 Å². The normalized spacial score (nSPS) is 17.8. The summed E-state index contributed by atoms with van der Waals surface area (Å²) in [5.74, 6) is -0.0968. The van der Waals surface area contributed by atoms with Gasteiger partial charge < -0.3 is 5.73 Å². The van der Waals surface area contributed by atoms with Gasteiger partial charge in [-0.15, -0.1) is 12.4 Å². The molecule has 0 aromatic heterocycles. The zero-order valence-electron chi connectivity index (χ0n) is 10.2. The Hall–Kier alpha value is -0.640. The molecule has 1 saturated heterocycles. The summed E-state index contributed by atoms with van der Waals surface area (Å²) in [5.41, 5.74) is 7.76. The molecule has 0 amide bonds. The van der Waals surface area contributed by atoms with Crippen LogP contribution in [0, 0.1) is 12.7 Å². The predicted molar refractivity (Wildman–Crippen MR) is 70.9 cm³/mol. The number of aryl methyl sites for hydroxylation is 1. The highest BCUT2D eigenvalue weighted by molar-refractivity contribution is 5.85. The molecule has 0 atom stereocenters. The summed E-state index contributed by atoms with van der Waals surface area (Å²) in [5, 5.41) is 0. The Morgan fingerprint density at radius 3 is 2.65 bits per heavy atom. The minimum absolute atomic E-state index is 0. The summed E-state index contributed by atoms with van der Waals surface area (Å²) in [6, 6.07) is 5.63. The van der Waals surface area contributed by atoms with Crippen LogP contribution in [0.1, 0.15) is 24.0 Å². The van der Waals surface area contributed by atoms with Gasteiger partial charge in [0, 0.05) is 18.2 Å². The van der Waals surface area contributed by atoms with Gasteiger partial charge in [-0.2, -0.15) is 0 Å². The first-order valence-corrected chi connectivity index (χ1v) is 5.88. The van der Waals surface area contributed by atoms with Gasteiger partial charge in [0.25, 0.3) is 0 Å². The molecule has 2 rings (SSSR count). The third kappa shape index (κ3) is 3.95. The summed E-state index contributed by atoms with van der Waals surface area (Å²) >= 11 is 0. The molecule has 2 N–H and O–H groups in total. The first kappa shape index (κ1) is 14.4. The van der Waals surface area contributed by atoms with Gasteiger partial charge in [-0.3, -0.25) is 4.90 Å². The molecule has 17 heavy (non-hydrogen) atoms. The number of nitrogens with zero attached hydrogens (tertiary/aromatic N) is 1. The van der Waals surface area contributed by atoms with Crippen LogP contribution in [-0.2, 0) is 6.54 Å². The lowest BCUT2D eigenvalue weighted by atomic mass is 10.0. The van der Waals surface area contributed by atoms with Crippen LogP contribution in [0.5, 0.6) is 0 Å². The summed E-state index contributed by atoms with van der Waals surface area (Å²) < 4.78 is 13.5. The number of hydrogen-bond donors (Lipinski definition) is 1. The smallest absolute Gasteiger partial charge is 0.127 e. The predicted octanol–water partition coefficient (Wildman–Crippen LogP) is 2.48. The molecule has 1 aliphatic heterocycles. The summed E-state index contributed by atoms with van der Waals surface area (Å²) in [7, 11) is 0. The van der Waals surface area contributed by atoms with Crippen LogP contribution in [0.4, 0.5) is 4.39 Å². The van der Waals surface area contributed by atoms with E-state index in [-0.39, 0.29) is 18.2 Å². The van der Waals surface area contributed by atoms with E-state index in [1.807, 2.05) is 19.1 Å². The van der Waals surface area contributed by atoms with E-state index < -0.39 is 0 Å². The first-order chi connectivity index (χ1) is 7.65. The maximum atomic E-state index is 13.5. The largest absolute Gasteiger partial charge is 0.328 e. The van der Waals surface area contributed by atoms with E-state index in [9.17, 15) is 4.39 Å². The Morgan fingerprint density at radius 2 is 2.00 bits per heavy atom. The molecule has 96 valence electrons. The van der Waals surface area contributed by atoms with E-state index >= 15 is 0 Å². The third-order valence-corrected chi connectivity index (χ3v) is 3.23. The van der Waals surface area contributed by atoms with Crippen molar-refractivity contribution in [1.82, 2.24) is 4.90 Å².